The van der Waals surface area contributed by atoms with Crippen LogP contribution in [0, 0.1) is 10.1 Å². The van der Waals surface area contributed by atoms with E-state index in [1.54, 1.807) is 12.1 Å². The Morgan fingerprint density at radius 2 is 1.86 bits per heavy atom. The Hall–Kier alpha value is -2.60. The molecule has 0 amide bonds. The van der Waals surface area contributed by atoms with Crippen LogP contribution in [-0.4, -0.2) is 15.7 Å². The largest absolute Gasteiger partial charge is 0.293 e. The monoisotopic (exact) mass is 298 g/mol. The molecular formula is C15H10N2O3S. The third kappa shape index (κ3) is 2.66. The molecule has 0 atom stereocenters. The van der Waals surface area contributed by atoms with Crippen molar-refractivity contribution in [1.29, 1.82) is 0 Å². The summed E-state index contributed by atoms with van der Waals surface area (Å²) >= 11 is 1.43. The van der Waals surface area contributed by atoms with E-state index in [4.69, 9.17) is 0 Å². The van der Waals surface area contributed by atoms with Crippen molar-refractivity contribution in [2.75, 3.05) is 0 Å². The fourth-order valence-corrected chi connectivity index (χ4v) is 3.06. The van der Waals surface area contributed by atoms with Gasteiger partial charge in [-0.25, -0.2) is 4.98 Å². The third-order valence-electron chi connectivity index (χ3n) is 3.05. The topological polar surface area (TPSA) is 73.1 Å². The molecule has 3 rings (SSSR count). The molecule has 1 heterocycles. The molecule has 5 nitrogen and oxygen atoms in total. The van der Waals surface area contributed by atoms with Crippen LogP contribution in [0.15, 0.2) is 48.5 Å². The standard InChI is InChI=1S/C15H10N2O3S/c18-13(10-5-1-3-7-12(10)17(19)20)9-15-16-11-6-2-4-8-14(11)21-15/h1-8H,9H2. The zero-order chi connectivity index (χ0) is 14.8. The second-order valence-electron chi connectivity index (χ2n) is 4.45. The van der Waals surface area contributed by atoms with Gasteiger partial charge < -0.3 is 0 Å². The van der Waals surface area contributed by atoms with Gasteiger partial charge in [-0.05, 0) is 18.2 Å². The predicted octanol–water partition coefficient (Wildman–Crippen LogP) is 3.63. The molecule has 0 saturated carbocycles. The molecule has 6 heteroatoms. The molecule has 0 spiro atoms. The number of para-hydroxylation sites is 2. The first-order valence-corrected chi connectivity index (χ1v) is 7.08. The van der Waals surface area contributed by atoms with E-state index in [9.17, 15) is 14.9 Å². The molecule has 0 saturated heterocycles. The molecule has 0 aliphatic heterocycles. The number of Topliss-reactive ketones (excluding diaryl/α,β-unsaturated/α-hetero) is 1. The van der Waals surface area contributed by atoms with Gasteiger partial charge in [0.15, 0.2) is 5.78 Å². The summed E-state index contributed by atoms with van der Waals surface area (Å²) < 4.78 is 1.00. The number of ketones is 1. The van der Waals surface area contributed by atoms with Gasteiger partial charge in [0.05, 0.1) is 27.1 Å². The highest BCUT2D eigenvalue weighted by molar-refractivity contribution is 7.18. The highest BCUT2D eigenvalue weighted by atomic mass is 32.1. The summed E-state index contributed by atoms with van der Waals surface area (Å²) in [5.41, 5.74) is 0.804. The third-order valence-corrected chi connectivity index (χ3v) is 4.09. The highest BCUT2D eigenvalue weighted by Gasteiger charge is 2.20. The van der Waals surface area contributed by atoms with E-state index in [0.717, 1.165) is 10.2 Å². The molecule has 1 aromatic heterocycles. The normalized spacial score (nSPS) is 10.7. The molecule has 3 aromatic rings. The first-order valence-electron chi connectivity index (χ1n) is 6.26. The number of nitro groups is 1. The molecule has 104 valence electrons. The zero-order valence-corrected chi connectivity index (χ0v) is 11.7. The highest BCUT2D eigenvalue weighted by Crippen LogP contribution is 2.24. The van der Waals surface area contributed by atoms with Gasteiger partial charge >= 0.3 is 0 Å². The molecule has 2 aromatic carbocycles. The van der Waals surface area contributed by atoms with Crippen LogP contribution in [0.1, 0.15) is 15.4 Å². The summed E-state index contributed by atoms with van der Waals surface area (Å²) in [6.45, 7) is 0. The number of carbonyl (C=O) groups is 1. The lowest BCUT2D eigenvalue weighted by Crippen LogP contribution is -2.06. The lowest BCUT2D eigenvalue weighted by atomic mass is 10.1. The first-order chi connectivity index (χ1) is 10.1. The predicted molar refractivity (Wildman–Crippen MR) is 80.8 cm³/mol. The average molecular weight is 298 g/mol. The Labute approximate surface area is 124 Å². The Balaban J connectivity index is 1.91. The van der Waals surface area contributed by atoms with Crippen LogP contribution in [-0.2, 0) is 6.42 Å². The van der Waals surface area contributed by atoms with Crippen molar-refractivity contribution in [2.45, 2.75) is 6.42 Å². The van der Waals surface area contributed by atoms with E-state index in [1.165, 1.54) is 23.5 Å². The van der Waals surface area contributed by atoms with Crippen molar-refractivity contribution in [3.8, 4) is 0 Å². The number of fused-ring (bicyclic) bond motifs is 1. The summed E-state index contributed by atoms with van der Waals surface area (Å²) in [5, 5.41) is 11.6. The summed E-state index contributed by atoms with van der Waals surface area (Å²) in [6, 6.07) is 13.6. The number of carbonyl (C=O) groups excluding carboxylic acids is 1. The Bertz CT molecular complexity index is 809. The average Bonchev–Trinajstić information content (AvgIpc) is 2.89. The van der Waals surface area contributed by atoms with Gasteiger partial charge in [-0.1, -0.05) is 24.3 Å². The van der Waals surface area contributed by atoms with Crippen LogP contribution in [0.25, 0.3) is 10.2 Å². The van der Waals surface area contributed by atoms with Crippen molar-refractivity contribution in [2.24, 2.45) is 0 Å². The maximum absolute atomic E-state index is 12.3. The van der Waals surface area contributed by atoms with Gasteiger partial charge in [-0.2, -0.15) is 0 Å². The van der Waals surface area contributed by atoms with Crippen molar-refractivity contribution < 1.29 is 9.72 Å². The van der Waals surface area contributed by atoms with E-state index < -0.39 is 4.92 Å². The number of aromatic nitrogens is 1. The van der Waals surface area contributed by atoms with Gasteiger partial charge in [0.1, 0.15) is 5.01 Å². The van der Waals surface area contributed by atoms with Crippen LogP contribution >= 0.6 is 11.3 Å². The molecular weight excluding hydrogens is 288 g/mol. The fraction of sp³-hybridized carbons (Fsp3) is 0.0667. The second-order valence-corrected chi connectivity index (χ2v) is 5.56. The Kier molecular flexibility index (Phi) is 3.45. The number of nitro benzene ring substituents is 1. The molecule has 0 bridgehead atoms. The van der Waals surface area contributed by atoms with Crippen molar-refractivity contribution >= 4 is 33.0 Å². The minimum Gasteiger partial charge on any atom is -0.293 e. The van der Waals surface area contributed by atoms with Gasteiger partial charge in [-0.15, -0.1) is 11.3 Å². The SMILES string of the molecule is O=C(Cc1nc2ccccc2s1)c1ccccc1[N+](=O)[O-]. The van der Waals surface area contributed by atoms with E-state index in [2.05, 4.69) is 4.98 Å². The number of benzene rings is 2. The second kappa shape index (κ2) is 5.41. The number of hydrogen-bond donors (Lipinski definition) is 0. The van der Waals surface area contributed by atoms with Crippen LogP contribution in [0.4, 0.5) is 5.69 Å². The minimum absolute atomic E-state index is 0.0736. The van der Waals surface area contributed by atoms with Gasteiger partial charge in [-0.3, -0.25) is 14.9 Å². The molecule has 0 radical (unpaired) electrons. The number of hydrogen-bond acceptors (Lipinski definition) is 5. The van der Waals surface area contributed by atoms with Crippen molar-refractivity contribution in [1.82, 2.24) is 4.98 Å². The summed E-state index contributed by atoms with van der Waals surface area (Å²) in [7, 11) is 0. The van der Waals surface area contributed by atoms with Crippen LogP contribution in [0.2, 0.25) is 0 Å². The molecule has 0 fully saturated rings. The smallest absolute Gasteiger partial charge is 0.280 e. The van der Waals surface area contributed by atoms with Crippen LogP contribution < -0.4 is 0 Å². The molecule has 0 aliphatic rings. The lowest BCUT2D eigenvalue weighted by molar-refractivity contribution is -0.385. The Morgan fingerprint density at radius 3 is 2.62 bits per heavy atom. The van der Waals surface area contributed by atoms with E-state index >= 15 is 0 Å². The first kappa shape index (κ1) is 13.4. The van der Waals surface area contributed by atoms with E-state index in [-0.39, 0.29) is 23.5 Å². The van der Waals surface area contributed by atoms with E-state index in [0.29, 0.717) is 5.01 Å². The van der Waals surface area contributed by atoms with Crippen molar-refractivity contribution in [3.63, 3.8) is 0 Å². The van der Waals surface area contributed by atoms with Gasteiger partial charge in [0, 0.05) is 6.07 Å². The summed E-state index contributed by atoms with van der Waals surface area (Å²) in [4.78, 5) is 27.1. The number of thiazole rings is 1. The molecule has 0 aliphatic carbocycles. The van der Waals surface area contributed by atoms with Crippen molar-refractivity contribution in [3.05, 3.63) is 69.2 Å². The lowest BCUT2D eigenvalue weighted by Gasteiger charge is -2.00. The zero-order valence-electron chi connectivity index (χ0n) is 10.9. The molecule has 0 N–H and O–H groups in total. The van der Waals surface area contributed by atoms with Gasteiger partial charge in [0.25, 0.3) is 5.69 Å². The maximum Gasteiger partial charge on any atom is 0.280 e. The maximum atomic E-state index is 12.3. The minimum atomic E-state index is -0.536. The molecule has 21 heavy (non-hydrogen) atoms. The number of rotatable bonds is 4. The fourth-order valence-electron chi connectivity index (χ4n) is 2.10. The quantitative estimate of drug-likeness (QED) is 0.419. The number of nitrogens with zero attached hydrogens (tertiary/aromatic N) is 2. The van der Waals surface area contributed by atoms with Crippen LogP contribution in [0.3, 0.4) is 0 Å². The molecule has 0 unspecified atom stereocenters. The van der Waals surface area contributed by atoms with Crippen LogP contribution in [0.5, 0.6) is 0 Å². The summed E-state index contributed by atoms with van der Waals surface area (Å²) in [6.07, 6.45) is 0.0736. The van der Waals surface area contributed by atoms with Gasteiger partial charge in [0.2, 0.25) is 0 Å². The van der Waals surface area contributed by atoms with E-state index in [1.807, 2.05) is 24.3 Å². The Morgan fingerprint density at radius 1 is 1.14 bits per heavy atom. The summed E-state index contributed by atoms with van der Waals surface area (Å²) in [5.74, 6) is -0.290.